The summed E-state index contributed by atoms with van der Waals surface area (Å²) in [4.78, 5) is 0. The minimum absolute atomic E-state index is 0.193. The molecule has 0 aromatic rings. The Balaban J connectivity index is 4.76. The van der Waals surface area contributed by atoms with Crippen LogP contribution in [0, 0.1) is 16.2 Å². The second kappa shape index (κ2) is 4.91. The summed E-state index contributed by atoms with van der Waals surface area (Å²) in [5, 5.41) is 3.28. The first-order chi connectivity index (χ1) is 6.92. The van der Waals surface area contributed by atoms with E-state index in [0.29, 0.717) is 5.41 Å². The second-order valence-corrected chi connectivity index (χ2v) is 7.48. The topological polar surface area (TPSA) is 12.0 Å². The molecule has 0 aliphatic heterocycles. The van der Waals surface area contributed by atoms with Gasteiger partial charge in [0.1, 0.15) is 0 Å². The van der Waals surface area contributed by atoms with Crippen LogP contribution in [-0.4, -0.2) is 13.6 Å². The van der Waals surface area contributed by atoms with Gasteiger partial charge in [0.15, 0.2) is 0 Å². The second-order valence-electron chi connectivity index (χ2n) is 7.48. The summed E-state index contributed by atoms with van der Waals surface area (Å²) in [6.07, 6.45) is 1.16. The molecule has 0 heterocycles. The zero-order valence-electron chi connectivity index (χ0n) is 12.6. The summed E-state index contributed by atoms with van der Waals surface area (Å²) in [5.41, 5.74) is 2.05. The fourth-order valence-corrected chi connectivity index (χ4v) is 2.86. The zero-order chi connectivity index (χ0) is 13.2. The van der Waals surface area contributed by atoms with Crippen molar-refractivity contribution in [2.45, 2.75) is 54.9 Å². The van der Waals surface area contributed by atoms with Crippen molar-refractivity contribution in [3.8, 4) is 0 Å². The molecule has 0 saturated carbocycles. The van der Waals surface area contributed by atoms with Crippen LogP contribution >= 0.6 is 0 Å². The smallest absolute Gasteiger partial charge is 0.0000171 e. The minimum Gasteiger partial charge on any atom is -0.319 e. The van der Waals surface area contributed by atoms with Crippen LogP contribution in [0.2, 0.25) is 0 Å². The number of allylic oxidation sites excluding steroid dienone is 1. The normalized spacial score (nSPS) is 14.0. The van der Waals surface area contributed by atoms with Crippen molar-refractivity contribution in [3.05, 3.63) is 12.2 Å². The van der Waals surface area contributed by atoms with Crippen LogP contribution in [0.3, 0.4) is 0 Å². The summed E-state index contributed by atoms with van der Waals surface area (Å²) >= 11 is 0. The standard InChI is InChI=1S/C15H31N/c1-12(13(2,3)4)15(7,8)10-14(5,6)11-16-9/h16H,1,10-11H2,2-9H3. The van der Waals surface area contributed by atoms with Crippen LogP contribution in [0.1, 0.15) is 54.9 Å². The van der Waals surface area contributed by atoms with Gasteiger partial charge in [0.25, 0.3) is 0 Å². The molecular weight excluding hydrogens is 194 g/mol. The monoisotopic (exact) mass is 225 g/mol. The lowest BCUT2D eigenvalue weighted by Gasteiger charge is -2.41. The average molecular weight is 225 g/mol. The third-order valence-electron chi connectivity index (χ3n) is 3.30. The quantitative estimate of drug-likeness (QED) is 0.690. The maximum absolute atomic E-state index is 4.32. The van der Waals surface area contributed by atoms with Gasteiger partial charge < -0.3 is 5.32 Å². The average Bonchev–Trinajstić information content (AvgIpc) is 1.98. The van der Waals surface area contributed by atoms with Gasteiger partial charge in [-0.2, -0.15) is 0 Å². The first-order valence-electron chi connectivity index (χ1n) is 6.27. The number of hydrogen-bond donors (Lipinski definition) is 1. The van der Waals surface area contributed by atoms with Crippen LogP contribution in [0.25, 0.3) is 0 Å². The van der Waals surface area contributed by atoms with Gasteiger partial charge in [0.05, 0.1) is 0 Å². The number of hydrogen-bond acceptors (Lipinski definition) is 1. The minimum atomic E-state index is 0.193. The van der Waals surface area contributed by atoms with Crippen molar-refractivity contribution < 1.29 is 0 Å². The molecule has 0 spiro atoms. The third-order valence-corrected chi connectivity index (χ3v) is 3.30. The van der Waals surface area contributed by atoms with Gasteiger partial charge in [-0.15, -0.1) is 0 Å². The van der Waals surface area contributed by atoms with E-state index in [-0.39, 0.29) is 10.8 Å². The molecule has 1 N–H and O–H groups in total. The molecule has 0 unspecified atom stereocenters. The first-order valence-corrected chi connectivity index (χ1v) is 6.27. The van der Waals surface area contributed by atoms with E-state index in [0.717, 1.165) is 13.0 Å². The molecule has 0 rings (SSSR count). The van der Waals surface area contributed by atoms with Crippen molar-refractivity contribution in [2.24, 2.45) is 16.2 Å². The molecule has 0 fully saturated rings. The Morgan fingerprint density at radius 1 is 1.00 bits per heavy atom. The van der Waals surface area contributed by atoms with Crippen molar-refractivity contribution in [1.29, 1.82) is 0 Å². The molecule has 1 heteroatoms. The third kappa shape index (κ3) is 4.69. The summed E-state index contributed by atoms with van der Waals surface area (Å²) in [6.45, 7) is 21.4. The predicted octanol–water partition coefficient (Wildman–Crippen LogP) is 4.25. The Morgan fingerprint density at radius 3 is 1.75 bits per heavy atom. The summed E-state index contributed by atoms with van der Waals surface area (Å²) < 4.78 is 0. The van der Waals surface area contributed by atoms with Crippen molar-refractivity contribution in [2.75, 3.05) is 13.6 Å². The van der Waals surface area contributed by atoms with Gasteiger partial charge in [0, 0.05) is 0 Å². The van der Waals surface area contributed by atoms with E-state index in [1.807, 2.05) is 7.05 Å². The van der Waals surface area contributed by atoms with Gasteiger partial charge in [-0.1, -0.05) is 60.6 Å². The van der Waals surface area contributed by atoms with Crippen molar-refractivity contribution in [1.82, 2.24) is 5.32 Å². The predicted molar refractivity (Wildman–Crippen MR) is 74.7 cm³/mol. The summed E-state index contributed by atoms with van der Waals surface area (Å²) in [6, 6.07) is 0. The zero-order valence-corrected chi connectivity index (χ0v) is 12.6. The molecule has 96 valence electrons. The lowest BCUT2D eigenvalue weighted by molar-refractivity contribution is 0.200. The van der Waals surface area contributed by atoms with E-state index < -0.39 is 0 Å². The van der Waals surface area contributed by atoms with Gasteiger partial charge in [-0.05, 0) is 36.3 Å². The first kappa shape index (κ1) is 15.7. The Labute approximate surface area is 103 Å². The molecule has 0 saturated heterocycles. The summed E-state index contributed by atoms with van der Waals surface area (Å²) in [5.74, 6) is 0. The SMILES string of the molecule is C=C(C(C)(C)C)C(C)(C)CC(C)(C)CNC. The molecule has 0 atom stereocenters. The molecular formula is C15H31N. The molecule has 1 nitrogen and oxygen atoms in total. The van der Waals surface area contributed by atoms with Gasteiger partial charge in [0.2, 0.25) is 0 Å². The Kier molecular flexibility index (Phi) is 4.82. The lowest BCUT2D eigenvalue weighted by atomic mass is 9.65. The van der Waals surface area contributed by atoms with Crippen LogP contribution in [0.4, 0.5) is 0 Å². The van der Waals surface area contributed by atoms with E-state index in [1.165, 1.54) is 5.57 Å². The molecule has 0 aromatic heterocycles. The highest BCUT2D eigenvalue weighted by molar-refractivity contribution is 5.15. The van der Waals surface area contributed by atoms with Crippen molar-refractivity contribution in [3.63, 3.8) is 0 Å². The van der Waals surface area contributed by atoms with Crippen molar-refractivity contribution >= 4 is 0 Å². The molecule has 0 aliphatic rings. The van der Waals surface area contributed by atoms with Crippen LogP contribution in [0.5, 0.6) is 0 Å². The summed E-state index contributed by atoms with van der Waals surface area (Å²) in [7, 11) is 2.02. The van der Waals surface area contributed by atoms with Gasteiger partial charge >= 0.3 is 0 Å². The van der Waals surface area contributed by atoms with E-state index in [2.05, 4.69) is 60.4 Å². The van der Waals surface area contributed by atoms with Crippen LogP contribution in [-0.2, 0) is 0 Å². The Bertz CT molecular complexity index is 241. The van der Waals surface area contributed by atoms with E-state index in [9.17, 15) is 0 Å². The van der Waals surface area contributed by atoms with E-state index in [1.54, 1.807) is 0 Å². The number of rotatable bonds is 5. The fourth-order valence-electron chi connectivity index (χ4n) is 2.86. The largest absolute Gasteiger partial charge is 0.319 e. The Hall–Kier alpha value is -0.300. The maximum atomic E-state index is 4.32. The molecule has 0 aromatic carbocycles. The van der Waals surface area contributed by atoms with Gasteiger partial charge in [-0.25, -0.2) is 0 Å². The fraction of sp³-hybridized carbons (Fsp3) is 0.867. The molecule has 0 radical (unpaired) electrons. The van der Waals surface area contributed by atoms with E-state index >= 15 is 0 Å². The molecule has 0 amide bonds. The number of nitrogens with one attached hydrogen (secondary N) is 1. The molecule has 16 heavy (non-hydrogen) atoms. The van der Waals surface area contributed by atoms with E-state index in [4.69, 9.17) is 0 Å². The maximum Gasteiger partial charge on any atom is -0.0000171 e. The van der Waals surface area contributed by atoms with Crippen LogP contribution in [0.15, 0.2) is 12.2 Å². The molecule has 0 aliphatic carbocycles. The van der Waals surface area contributed by atoms with Gasteiger partial charge in [-0.3, -0.25) is 0 Å². The highest BCUT2D eigenvalue weighted by atomic mass is 14.8. The van der Waals surface area contributed by atoms with Crippen LogP contribution < -0.4 is 5.32 Å². The highest BCUT2D eigenvalue weighted by Gasteiger charge is 2.34. The Morgan fingerprint density at radius 2 is 1.44 bits per heavy atom. The lowest BCUT2D eigenvalue weighted by Crippen LogP contribution is -2.34. The molecule has 0 bridgehead atoms. The highest BCUT2D eigenvalue weighted by Crippen LogP contribution is 2.44.